The molecule has 0 radical (unpaired) electrons. The molecule has 11 heteroatoms. The molecule has 1 aromatic heterocycles. The average molecular weight is 404 g/mol. The van der Waals surface area contributed by atoms with Crippen LogP contribution in [-0.4, -0.2) is 19.8 Å². The van der Waals surface area contributed by atoms with Gasteiger partial charge in [-0.25, -0.2) is 8.42 Å². The first kappa shape index (κ1) is 14.6. The topological polar surface area (TPSA) is 76.2 Å². The van der Waals surface area contributed by atoms with Crippen LogP contribution in [-0.2, 0) is 9.05 Å². The van der Waals surface area contributed by atoms with E-state index in [2.05, 4.69) is 9.72 Å². The van der Waals surface area contributed by atoms with E-state index in [0.29, 0.717) is 6.20 Å². The molecular formula is C6H2ClF3INO4S. The molecule has 17 heavy (non-hydrogen) atoms. The summed E-state index contributed by atoms with van der Waals surface area (Å²) in [6, 6.07) is 0. The van der Waals surface area contributed by atoms with Gasteiger partial charge in [0.15, 0.2) is 10.6 Å². The van der Waals surface area contributed by atoms with Gasteiger partial charge in [0.2, 0.25) is 5.43 Å². The maximum atomic E-state index is 11.9. The summed E-state index contributed by atoms with van der Waals surface area (Å²) >= 11 is 1.41. The number of halogens is 5. The summed E-state index contributed by atoms with van der Waals surface area (Å²) < 4.78 is 60.8. The molecule has 1 aromatic rings. The Labute approximate surface area is 110 Å². The van der Waals surface area contributed by atoms with Crippen molar-refractivity contribution in [3.05, 3.63) is 20.1 Å². The van der Waals surface area contributed by atoms with Crippen LogP contribution in [0.5, 0.6) is 5.75 Å². The molecule has 1 heterocycles. The van der Waals surface area contributed by atoms with Crippen LogP contribution in [0, 0.1) is 3.70 Å². The molecule has 0 saturated heterocycles. The standard InChI is InChI=1S/C6H2ClF3INO4S/c7-17(14,15)4-3(13)2(1-12-5(4)11)16-6(8,9)10/h1H,(H,12,13). The molecule has 0 atom stereocenters. The third-order valence-electron chi connectivity index (χ3n) is 1.43. The van der Waals surface area contributed by atoms with Gasteiger partial charge in [0.05, 0.1) is 0 Å². The van der Waals surface area contributed by atoms with Crippen LogP contribution >= 0.6 is 33.3 Å². The van der Waals surface area contributed by atoms with E-state index < -0.39 is 31.5 Å². The molecule has 0 fully saturated rings. The number of nitrogens with one attached hydrogen (secondary N) is 1. The van der Waals surface area contributed by atoms with Crippen molar-refractivity contribution in [3.8, 4) is 5.75 Å². The molecule has 0 amide bonds. The van der Waals surface area contributed by atoms with E-state index >= 15 is 0 Å². The van der Waals surface area contributed by atoms with E-state index in [1.165, 1.54) is 22.6 Å². The lowest BCUT2D eigenvalue weighted by atomic mass is 10.4. The van der Waals surface area contributed by atoms with E-state index in [9.17, 15) is 26.4 Å². The van der Waals surface area contributed by atoms with Crippen LogP contribution in [0.1, 0.15) is 0 Å². The lowest BCUT2D eigenvalue weighted by Crippen LogP contribution is -2.24. The minimum absolute atomic E-state index is 0.211. The molecule has 0 unspecified atom stereocenters. The first-order valence-corrected chi connectivity index (χ1v) is 7.03. The summed E-state index contributed by atoms with van der Waals surface area (Å²) in [5.74, 6) is -1.20. The average Bonchev–Trinajstić information content (AvgIpc) is 2.06. The van der Waals surface area contributed by atoms with Crippen LogP contribution in [0.4, 0.5) is 13.2 Å². The van der Waals surface area contributed by atoms with Crippen LogP contribution in [0.15, 0.2) is 15.9 Å². The zero-order chi connectivity index (χ0) is 13.4. The predicted octanol–water partition coefficient (Wildman–Crippen LogP) is 1.81. The lowest BCUT2D eigenvalue weighted by Gasteiger charge is -2.09. The highest BCUT2D eigenvalue weighted by Crippen LogP contribution is 2.23. The zero-order valence-corrected chi connectivity index (χ0v) is 11.2. The first-order valence-electron chi connectivity index (χ1n) is 3.64. The van der Waals surface area contributed by atoms with Gasteiger partial charge in [-0.1, -0.05) is 0 Å². The highest BCUT2D eigenvalue weighted by Gasteiger charge is 2.34. The van der Waals surface area contributed by atoms with Crippen LogP contribution in [0.2, 0.25) is 0 Å². The van der Waals surface area contributed by atoms with Crippen molar-refractivity contribution < 1.29 is 26.3 Å². The number of aromatic amines is 1. The zero-order valence-electron chi connectivity index (χ0n) is 7.51. The van der Waals surface area contributed by atoms with Crippen molar-refractivity contribution in [2.24, 2.45) is 0 Å². The summed E-state index contributed by atoms with van der Waals surface area (Å²) in [4.78, 5) is 12.6. The minimum atomic E-state index is -5.10. The van der Waals surface area contributed by atoms with E-state index in [4.69, 9.17) is 10.7 Å². The van der Waals surface area contributed by atoms with Gasteiger partial charge >= 0.3 is 6.36 Å². The molecule has 0 aliphatic heterocycles. The van der Waals surface area contributed by atoms with Gasteiger partial charge in [-0.05, 0) is 22.6 Å². The second-order valence-corrected chi connectivity index (χ2v) is 6.19. The quantitative estimate of drug-likeness (QED) is 0.464. The van der Waals surface area contributed by atoms with Gasteiger partial charge in [0.25, 0.3) is 9.05 Å². The summed E-state index contributed by atoms with van der Waals surface area (Å²) in [6.07, 6.45) is -4.50. The van der Waals surface area contributed by atoms with E-state index in [-0.39, 0.29) is 3.70 Å². The van der Waals surface area contributed by atoms with E-state index in [1.807, 2.05) is 0 Å². The van der Waals surface area contributed by atoms with E-state index in [0.717, 1.165) is 0 Å². The highest BCUT2D eigenvalue weighted by molar-refractivity contribution is 14.1. The van der Waals surface area contributed by atoms with Crippen LogP contribution < -0.4 is 10.2 Å². The Morgan fingerprint density at radius 1 is 1.41 bits per heavy atom. The Balaban J connectivity index is 3.46. The molecule has 0 saturated carbocycles. The number of aromatic nitrogens is 1. The number of alkyl halides is 3. The fourth-order valence-corrected chi connectivity index (χ4v) is 3.59. The largest absolute Gasteiger partial charge is 0.573 e. The van der Waals surface area contributed by atoms with Gasteiger partial charge < -0.3 is 9.72 Å². The van der Waals surface area contributed by atoms with Gasteiger partial charge in [-0.3, -0.25) is 4.79 Å². The Morgan fingerprint density at radius 3 is 2.35 bits per heavy atom. The maximum absolute atomic E-state index is 11.9. The highest BCUT2D eigenvalue weighted by atomic mass is 127. The third-order valence-corrected chi connectivity index (χ3v) is 3.99. The van der Waals surface area contributed by atoms with Crippen LogP contribution in [0.25, 0.3) is 0 Å². The summed E-state index contributed by atoms with van der Waals surface area (Å²) in [5.41, 5.74) is -1.46. The van der Waals surface area contributed by atoms with Gasteiger partial charge in [0, 0.05) is 16.9 Å². The normalized spacial score (nSPS) is 12.5. The molecule has 1 rings (SSSR count). The number of ether oxygens (including phenoxy) is 1. The molecule has 0 aromatic carbocycles. The van der Waals surface area contributed by atoms with Crippen molar-refractivity contribution in [1.82, 2.24) is 4.98 Å². The minimum Gasteiger partial charge on any atom is -0.400 e. The summed E-state index contributed by atoms with van der Waals surface area (Å²) in [6.45, 7) is 0. The SMILES string of the molecule is O=c1c(OC(F)(F)F)c[nH]c(I)c1S(=O)(=O)Cl. The second-order valence-electron chi connectivity index (χ2n) is 2.61. The van der Waals surface area contributed by atoms with Crippen molar-refractivity contribution in [2.45, 2.75) is 11.3 Å². The number of hydrogen-bond donors (Lipinski definition) is 1. The Hall–Kier alpha value is -0.490. The summed E-state index contributed by atoms with van der Waals surface area (Å²) in [5, 5.41) is 0. The van der Waals surface area contributed by atoms with E-state index in [1.54, 1.807) is 0 Å². The number of hydrogen-bond acceptors (Lipinski definition) is 4. The molecule has 0 aliphatic carbocycles. The monoisotopic (exact) mass is 403 g/mol. The first-order chi connectivity index (χ1) is 7.52. The van der Waals surface area contributed by atoms with Crippen molar-refractivity contribution in [1.29, 1.82) is 0 Å². The molecule has 0 aliphatic rings. The second kappa shape index (κ2) is 4.65. The Bertz CT molecular complexity index is 596. The van der Waals surface area contributed by atoms with Crippen LogP contribution in [0.3, 0.4) is 0 Å². The number of H-pyrrole nitrogens is 1. The van der Waals surface area contributed by atoms with Gasteiger partial charge in [-0.15, -0.1) is 13.2 Å². The molecule has 0 spiro atoms. The molecular weight excluding hydrogens is 401 g/mol. The molecule has 5 nitrogen and oxygen atoms in total. The maximum Gasteiger partial charge on any atom is 0.573 e. The van der Waals surface area contributed by atoms with Gasteiger partial charge in [0.1, 0.15) is 3.70 Å². The fourth-order valence-electron chi connectivity index (χ4n) is 0.890. The van der Waals surface area contributed by atoms with Crippen molar-refractivity contribution in [2.75, 3.05) is 0 Å². The third kappa shape index (κ3) is 3.74. The van der Waals surface area contributed by atoms with Crippen molar-refractivity contribution >= 4 is 42.3 Å². The number of pyridine rings is 1. The predicted molar refractivity (Wildman–Crippen MR) is 59.5 cm³/mol. The smallest absolute Gasteiger partial charge is 0.400 e. The molecule has 96 valence electrons. The summed E-state index contributed by atoms with van der Waals surface area (Å²) in [7, 11) is 0.454. The molecule has 0 bridgehead atoms. The Morgan fingerprint density at radius 2 is 1.94 bits per heavy atom. The van der Waals surface area contributed by atoms with Crippen molar-refractivity contribution in [3.63, 3.8) is 0 Å². The molecule has 1 N–H and O–H groups in total. The van der Waals surface area contributed by atoms with Gasteiger partial charge in [-0.2, -0.15) is 0 Å². The fraction of sp³-hybridized carbons (Fsp3) is 0.167. The lowest BCUT2D eigenvalue weighted by molar-refractivity contribution is -0.275. The Kier molecular flexibility index (Phi) is 3.98. The number of rotatable bonds is 2.